The molecule has 39 heavy (non-hydrogen) atoms. The van der Waals surface area contributed by atoms with Gasteiger partial charge in [0.05, 0.1) is 23.4 Å². The zero-order valence-electron chi connectivity index (χ0n) is 22.4. The maximum atomic E-state index is 12.9. The molecule has 2 heterocycles. The summed E-state index contributed by atoms with van der Waals surface area (Å²) >= 11 is 0. The number of hydrogen-bond acceptors (Lipinski definition) is 5. The van der Waals surface area contributed by atoms with Crippen LogP contribution in [0.4, 0.5) is 16.2 Å². The highest BCUT2D eigenvalue weighted by Gasteiger charge is 2.22. The van der Waals surface area contributed by atoms with Crippen LogP contribution in [0.2, 0.25) is 0 Å². The van der Waals surface area contributed by atoms with Crippen molar-refractivity contribution in [2.75, 3.05) is 56.7 Å². The largest absolute Gasteiger partial charge is 0.491 e. The number of amides is 2. The number of piperazine rings is 1. The average molecular weight is 524 g/mol. The second-order valence-corrected chi connectivity index (χ2v) is 9.42. The summed E-state index contributed by atoms with van der Waals surface area (Å²) in [4.78, 5) is 17.1. The number of methoxy groups -OCH3 is 1. The SMILES string of the molecule is CCn1c(-c2ccc(NC(=O)N3CCN(c4ccccc4)CC3)cc2)c(C#N)c2ccc(OCCOC)cc21. The molecule has 3 aromatic carbocycles. The first kappa shape index (κ1) is 26.1. The smallest absolute Gasteiger partial charge is 0.321 e. The molecule has 0 spiro atoms. The fourth-order valence-electron chi connectivity index (χ4n) is 5.12. The first-order valence-electron chi connectivity index (χ1n) is 13.3. The van der Waals surface area contributed by atoms with Crippen molar-refractivity contribution in [1.82, 2.24) is 9.47 Å². The van der Waals surface area contributed by atoms with Gasteiger partial charge in [0.2, 0.25) is 0 Å². The van der Waals surface area contributed by atoms with Crippen molar-refractivity contribution in [3.8, 4) is 23.1 Å². The van der Waals surface area contributed by atoms with E-state index in [1.54, 1.807) is 7.11 Å². The molecule has 4 aromatic rings. The summed E-state index contributed by atoms with van der Waals surface area (Å²) in [5.41, 5.74) is 5.26. The Morgan fingerprint density at radius 1 is 0.974 bits per heavy atom. The minimum Gasteiger partial charge on any atom is -0.491 e. The minimum absolute atomic E-state index is 0.100. The lowest BCUT2D eigenvalue weighted by Gasteiger charge is -2.36. The fraction of sp³-hybridized carbons (Fsp3) is 0.290. The number of para-hydroxylation sites is 1. The van der Waals surface area contributed by atoms with Crippen LogP contribution in [-0.4, -0.2) is 62.0 Å². The monoisotopic (exact) mass is 523 g/mol. The van der Waals surface area contributed by atoms with E-state index in [-0.39, 0.29) is 6.03 Å². The first-order chi connectivity index (χ1) is 19.1. The second kappa shape index (κ2) is 11.9. The molecule has 0 radical (unpaired) electrons. The normalized spacial score (nSPS) is 13.4. The number of ether oxygens (including phenoxy) is 2. The van der Waals surface area contributed by atoms with Crippen LogP contribution in [0.15, 0.2) is 72.8 Å². The predicted molar refractivity (Wildman–Crippen MR) is 154 cm³/mol. The highest BCUT2D eigenvalue weighted by Crippen LogP contribution is 2.35. The van der Waals surface area contributed by atoms with Gasteiger partial charge in [-0.1, -0.05) is 30.3 Å². The van der Waals surface area contributed by atoms with Crippen molar-refractivity contribution < 1.29 is 14.3 Å². The molecule has 0 saturated carbocycles. The summed E-state index contributed by atoms with van der Waals surface area (Å²) in [6, 6.07) is 26.1. The fourth-order valence-corrected chi connectivity index (χ4v) is 5.12. The molecule has 8 heteroatoms. The zero-order chi connectivity index (χ0) is 27.2. The Balaban J connectivity index is 1.30. The van der Waals surface area contributed by atoms with Crippen LogP contribution in [0, 0.1) is 11.3 Å². The van der Waals surface area contributed by atoms with E-state index in [2.05, 4.69) is 39.9 Å². The Morgan fingerprint density at radius 3 is 2.38 bits per heavy atom. The topological polar surface area (TPSA) is 82.8 Å². The number of fused-ring (bicyclic) bond motifs is 1. The van der Waals surface area contributed by atoms with Crippen LogP contribution >= 0.6 is 0 Å². The van der Waals surface area contributed by atoms with Gasteiger partial charge in [0.1, 0.15) is 18.4 Å². The molecule has 8 nitrogen and oxygen atoms in total. The molecular weight excluding hydrogens is 490 g/mol. The van der Waals surface area contributed by atoms with Crippen molar-refractivity contribution in [1.29, 1.82) is 5.26 Å². The van der Waals surface area contributed by atoms with Gasteiger partial charge >= 0.3 is 6.03 Å². The second-order valence-electron chi connectivity index (χ2n) is 9.42. The van der Waals surface area contributed by atoms with Crippen molar-refractivity contribution >= 4 is 28.3 Å². The summed E-state index contributed by atoms with van der Waals surface area (Å²) in [6.45, 7) is 6.66. The molecule has 0 aliphatic carbocycles. The van der Waals surface area contributed by atoms with Crippen LogP contribution in [0.25, 0.3) is 22.2 Å². The van der Waals surface area contributed by atoms with Gasteiger partial charge in [-0.15, -0.1) is 0 Å². The number of urea groups is 1. The molecule has 1 fully saturated rings. The maximum absolute atomic E-state index is 12.9. The van der Waals surface area contributed by atoms with E-state index >= 15 is 0 Å². The summed E-state index contributed by atoms with van der Waals surface area (Å²) in [6.07, 6.45) is 0. The van der Waals surface area contributed by atoms with Gasteiger partial charge < -0.3 is 29.2 Å². The number of nitrogens with one attached hydrogen (secondary N) is 1. The maximum Gasteiger partial charge on any atom is 0.321 e. The van der Waals surface area contributed by atoms with E-state index < -0.39 is 0 Å². The van der Waals surface area contributed by atoms with Gasteiger partial charge in [0.15, 0.2) is 0 Å². The molecule has 1 saturated heterocycles. The quantitative estimate of drug-likeness (QED) is 0.305. The van der Waals surface area contributed by atoms with Crippen LogP contribution in [0.5, 0.6) is 5.75 Å². The number of benzene rings is 3. The number of anilines is 2. The van der Waals surface area contributed by atoms with Gasteiger partial charge in [0.25, 0.3) is 0 Å². The summed E-state index contributed by atoms with van der Waals surface area (Å²) < 4.78 is 13.0. The molecule has 2 amide bonds. The third kappa shape index (κ3) is 5.54. The minimum atomic E-state index is -0.100. The Morgan fingerprint density at radius 2 is 1.72 bits per heavy atom. The molecule has 1 aliphatic heterocycles. The number of carbonyl (C=O) groups is 1. The van der Waals surface area contributed by atoms with Crippen molar-refractivity contribution in [2.45, 2.75) is 13.5 Å². The standard InChI is InChI=1S/C31H33N5O3/c1-3-36-29-21-26(39-20-19-38-2)13-14-27(29)28(22-32)30(36)23-9-11-24(12-10-23)33-31(37)35-17-15-34(16-18-35)25-7-5-4-6-8-25/h4-14,21H,3,15-20H2,1-2H3,(H,33,37). The summed E-state index contributed by atoms with van der Waals surface area (Å²) in [5, 5.41) is 14.0. The molecule has 0 bridgehead atoms. The number of rotatable bonds is 8. The molecule has 5 rings (SSSR count). The van der Waals surface area contributed by atoms with Gasteiger partial charge in [-0.25, -0.2) is 4.79 Å². The van der Waals surface area contributed by atoms with E-state index in [9.17, 15) is 10.1 Å². The van der Waals surface area contributed by atoms with Crippen LogP contribution in [0.1, 0.15) is 12.5 Å². The van der Waals surface area contributed by atoms with E-state index in [4.69, 9.17) is 9.47 Å². The summed E-state index contributed by atoms with van der Waals surface area (Å²) in [7, 11) is 1.64. The predicted octanol–water partition coefficient (Wildman–Crippen LogP) is 5.58. The number of nitrogens with zero attached hydrogens (tertiary/aromatic N) is 4. The third-order valence-corrected chi connectivity index (χ3v) is 7.12. The summed E-state index contributed by atoms with van der Waals surface area (Å²) in [5.74, 6) is 0.741. The number of aryl methyl sites for hydroxylation is 1. The average Bonchev–Trinajstić information content (AvgIpc) is 3.31. The molecule has 0 unspecified atom stereocenters. The lowest BCUT2D eigenvalue weighted by atomic mass is 10.1. The van der Waals surface area contributed by atoms with Crippen molar-refractivity contribution in [3.63, 3.8) is 0 Å². The van der Waals surface area contributed by atoms with Crippen LogP contribution in [-0.2, 0) is 11.3 Å². The number of hydrogen-bond donors (Lipinski definition) is 1. The van der Waals surface area contributed by atoms with Crippen LogP contribution < -0.4 is 15.0 Å². The molecule has 1 aliphatic rings. The first-order valence-corrected chi connectivity index (χ1v) is 13.3. The van der Waals surface area contributed by atoms with Crippen molar-refractivity contribution in [2.24, 2.45) is 0 Å². The highest BCUT2D eigenvalue weighted by atomic mass is 16.5. The van der Waals surface area contributed by atoms with Crippen LogP contribution in [0.3, 0.4) is 0 Å². The molecule has 200 valence electrons. The lowest BCUT2D eigenvalue weighted by Crippen LogP contribution is -2.50. The number of aromatic nitrogens is 1. The number of carbonyl (C=O) groups excluding carboxylic acids is 1. The van der Waals surface area contributed by atoms with E-state index in [0.29, 0.717) is 38.4 Å². The van der Waals surface area contributed by atoms with Gasteiger partial charge in [-0.05, 0) is 48.9 Å². The van der Waals surface area contributed by atoms with Crippen molar-refractivity contribution in [3.05, 3.63) is 78.4 Å². The Hall–Kier alpha value is -4.48. The van der Waals surface area contributed by atoms with E-state index in [1.165, 1.54) is 5.69 Å². The Labute approximate surface area is 229 Å². The molecular formula is C31H33N5O3. The van der Waals surface area contributed by atoms with Gasteiger partial charge in [0, 0.05) is 62.7 Å². The molecule has 0 atom stereocenters. The van der Waals surface area contributed by atoms with E-state index in [1.807, 2.05) is 65.6 Å². The van der Waals surface area contributed by atoms with Gasteiger partial charge in [-0.3, -0.25) is 0 Å². The molecule has 1 aromatic heterocycles. The number of nitriles is 1. The molecule has 1 N–H and O–H groups in total. The zero-order valence-corrected chi connectivity index (χ0v) is 22.4. The Kier molecular flexibility index (Phi) is 7.99. The third-order valence-electron chi connectivity index (χ3n) is 7.12. The van der Waals surface area contributed by atoms with Gasteiger partial charge in [-0.2, -0.15) is 5.26 Å². The Bertz CT molecular complexity index is 1470. The lowest BCUT2D eigenvalue weighted by molar-refractivity contribution is 0.146. The highest BCUT2D eigenvalue weighted by molar-refractivity contribution is 5.96. The van der Waals surface area contributed by atoms with E-state index in [0.717, 1.165) is 46.7 Å².